The van der Waals surface area contributed by atoms with Crippen molar-refractivity contribution in [1.82, 2.24) is 0 Å². The summed E-state index contributed by atoms with van der Waals surface area (Å²) < 4.78 is 9.88. The van der Waals surface area contributed by atoms with E-state index in [4.69, 9.17) is 26.1 Å². The molecular formula is C5H10NO2PS. The maximum atomic E-state index is 8.23. The van der Waals surface area contributed by atoms with Crippen molar-refractivity contribution in [2.75, 3.05) is 20.4 Å². The minimum absolute atomic E-state index is 0.402. The van der Waals surface area contributed by atoms with Crippen LogP contribution in [0.25, 0.3) is 0 Å². The van der Waals surface area contributed by atoms with E-state index >= 15 is 0 Å². The minimum Gasteiger partial charge on any atom is -0.333 e. The molecule has 0 aliphatic rings. The zero-order chi connectivity index (χ0) is 8.04. The molecule has 0 aliphatic heterocycles. The fraction of sp³-hybridized carbons (Fsp3) is 0.800. The topological polar surface area (TPSA) is 42.2 Å². The number of hydrogen-bond donors (Lipinski definition) is 0. The highest BCUT2D eigenvalue weighted by Crippen LogP contribution is 2.46. The van der Waals surface area contributed by atoms with Crippen molar-refractivity contribution in [2.24, 2.45) is 0 Å². The second-order valence-corrected chi connectivity index (χ2v) is 5.68. The van der Waals surface area contributed by atoms with Crippen LogP contribution in [0.1, 0.15) is 6.42 Å². The average molecular weight is 179 g/mol. The standard InChI is InChI=1S/C5H10NO2PS/c1-7-9(10,8-2)5-3-4-6/h3,5H2,1-2H3. The van der Waals surface area contributed by atoms with E-state index in [-0.39, 0.29) is 0 Å². The van der Waals surface area contributed by atoms with Gasteiger partial charge in [0.15, 0.2) is 6.49 Å². The molecule has 0 amide bonds. The third-order valence-electron chi connectivity index (χ3n) is 1.05. The lowest BCUT2D eigenvalue weighted by Crippen LogP contribution is -1.92. The molecule has 0 aromatic carbocycles. The van der Waals surface area contributed by atoms with Crippen molar-refractivity contribution in [3.63, 3.8) is 0 Å². The number of hydrogen-bond acceptors (Lipinski definition) is 4. The molecule has 0 aliphatic carbocycles. The first-order valence-electron chi connectivity index (χ1n) is 2.76. The van der Waals surface area contributed by atoms with Gasteiger partial charge in [-0.25, -0.2) is 0 Å². The molecule has 0 rings (SSSR count). The third-order valence-corrected chi connectivity index (χ3v) is 4.38. The summed E-state index contributed by atoms with van der Waals surface area (Å²) in [6, 6.07) is 1.99. The van der Waals surface area contributed by atoms with Gasteiger partial charge in [-0.05, 0) is 11.8 Å². The minimum atomic E-state index is -2.09. The van der Waals surface area contributed by atoms with Gasteiger partial charge in [-0.1, -0.05) is 0 Å². The van der Waals surface area contributed by atoms with Crippen LogP contribution < -0.4 is 0 Å². The SMILES string of the molecule is COP(=S)(CCC#N)OC. The largest absolute Gasteiger partial charge is 0.333 e. The number of nitrogens with zero attached hydrogens (tertiary/aromatic N) is 1. The molecule has 10 heavy (non-hydrogen) atoms. The van der Waals surface area contributed by atoms with Gasteiger partial charge in [-0.15, -0.1) is 0 Å². The Labute approximate surface area is 66.1 Å². The van der Waals surface area contributed by atoms with Gasteiger partial charge in [0.25, 0.3) is 0 Å². The van der Waals surface area contributed by atoms with Crippen LogP contribution in [0.3, 0.4) is 0 Å². The van der Waals surface area contributed by atoms with Crippen molar-refractivity contribution >= 4 is 18.3 Å². The predicted molar refractivity (Wildman–Crippen MR) is 43.4 cm³/mol. The molecule has 0 fully saturated rings. The van der Waals surface area contributed by atoms with Crippen LogP contribution in [-0.4, -0.2) is 20.4 Å². The van der Waals surface area contributed by atoms with Crippen LogP contribution in [0.15, 0.2) is 0 Å². The Balaban J connectivity index is 3.85. The Hall–Kier alpha value is 0.0600. The van der Waals surface area contributed by atoms with Crippen LogP contribution in [0, 0.1) is 11.3 Å². The molecule has 58 valence electrons. The first kappa shape index (κ1) is 10.1. The first-order chi connectivity index (χ1) is 4.68. The van der Waals surface area contributed by atoms with Gasteiger partial charge >= 0.3 is 0 Å². The highest BCUT2D eigenvalue weighted by Gasteiger charge is 2.13. The third kappa shape index (κ3) is 3.28. The van der Waals surface area contributed by atoms with Gasteiger partial charge in [0, 0.05) is 26.8 Å². The summed E-state index contributed by atoms with van der Waals surface area (Å²) in [5, 5.41) is 8.23. The van der Waals surface area contributed by atoms with Gasteiger partial charge in [0.2, 0.25) is 0 Å². The molecule has 0 spiro atoms. The van der Waals surface area contributed by atoms with E-state index in [0.717, 1.165) is 0 Å². The van der Waals surface area contributed by atoms with E-state index in [1.54, 1.807) is 0 Å². The monoisotopic (exact) mass is 179 g/mol. The summed E-state index contributed by atoms with van der Waals surface area (Å²) >= 11 is 4.99. The van der Waals surface area contributed by atoms with Crippen molar-refractivity contribution < 1.29 is 9.05 Å². The Morgan fingerprint density at radius 1 is 1.50 bits per heavy atom. The van der Waals surface area contributed by atoms with E-state index in [0.29, 0.717) is 12.6 Å². The van der Waals surface area contributed by atoms with E-state index in [2.05, 4.69) is 0 Å². The van der Waals surface area contributed by atoms with Crippen LogP contribution in [0.2, 0.25) is 0 Å². The molecule has 3 nitrogen and oxygen atoms in total. The average Bonchev–Trinajstić information content (AvgIpc) is 2.00. The first-order valence-corrected chi connectivity index (χ1v) is 5.58. The zero-order valence-corrected chi connectivity index (χ0v) is 7.74. The molecular weight excluding hydrogens is 169 g/mol. The lowest BCUT2D eigenvalue weighted by atomic mass is 10.6. The van der Waals surface area contributed by atoms with E-state index < -0.39 is 6.49 Å². The fourth-order valence-corrected chi connectivity index (χ4v) is 1.61. The molecule has 0 aromatic heterocycles. The zero-order valence-electron chi connectivity index (χ0n) is 6.03. The Kier molecular flexibility index (Phi) is 4.84. The maximum Gasteiger partial charge on any atom is 0.189 e. The maximum absolute atomic E-state index is 8.23. The molecule has 0 saturated heterocycles. The highest BCUT2D eigenvalue weighted by molar-refractivity contribution is 8.09. The second kappa shape index (κ2) is 4.81. The normalized spacial score (nSPS) is 10.9. The predicted octanol–water partition coefficient (Wildman–Crippen LogP) is 1.50. The quantitative estimate of drug-likeness (QED) is 0.613. The summed E-state index contributed by atoms with van der Waals surface area (Å²) in [6.07, 6.45) is 0.935. The van der Waals surface area contributed by atoms with Crippen LogP contribution in [0.4, 0.5) is 0 Å². The summed E-state index contributed by atoms with van der Waals surface area (Å²) in [6.45, 7) is -2.09. The molecule has 0 atom stereocenters. The number of rotatable bonds is 4. The van der Waals surface area contributed by atoms with Crippen molar-refractivity contribution in [3.05, 3.63) is 0 Å². The lowest BCUT2D eigenvalue weighted by molar-refractivity contribution is 0.337. The lowest BCUT2D eigenvalue weighted by Gasteiger charge is -2.15. The number of nitriles is 1. The molecule has 0 heterocycles. The molecule has 0 unspecified atom stereocenters. The van der Waals surface area contributed by atoms with Crippen LogP contribution >= 0.6 is 6.49 Å². The van der Waals surface area contributed by atoms with Crippen LogP contribution in [0.5, 0.6) is 0 Å². The van der Waals surface area contributed by atoms with E-state index in [9.17, 15) is 0 Å². The highest BCUT2D eigenvalue weighted by atomic mass is 32.5. The van der Waals surface area contributed by atoms with Gasteiger partial charge in [0.1, 0.15) is 0 Å². The summed E-state index contributed by atoms with van der Waals surface area (Å²) in [4.78, 5) is 0. The Morgan fingerprint density at radius 2 is 2.00 bits per heavy atom. The van der Waals surface area contributed by atoms with Crippen LogP contribution in [-0.2, 0) is 20.9 Å². The van der Waals surface area contributed by atoms with Crippen molar-refractivity contribution in [2.45, 2.75) is 6.42 Å². The molecule has 0 saturated carbocycles. The van der Waals surface area contributed by atoms with Gasteiger partial charge in [-0.3, -0.25) is 0 Å². The van der Waals surface area contributed by atoms with Gasteiger partial charge in [0.05, 0.1) is 6.07 Å². The van der Waals surface area contributed by atoms with Gasteiger partial charge < -0.3 is 9.05 Å². The molecule has 0 aromatic rings. The Morgan fingerprint density at radius 3 is 2.30 bits per heavy atom. The fourth-order valence-electron chi connectivity index (χ4n) is 0.444. The summed E-state index contributed by atoms with van der Waals surface area (Å²) in [5.74, 6) is 0. The second-order valence-electron chi connectivity index (χ2n) is 1.61. The van der Waals surface area contributed by atoms with Gasteiger partial charge in [-0.2, -0.15) is 5.26 Å². The smallest absolute Gasteiger partial charge is 0.189 e. The molecule has 0 bridgehead atoms. The van der Waals surface area contributed by atoms with E-state index in [1.807, 2.05) is 6.07 Å². The molecule has 0 N–H and O–H groups in total. The van der Waals surface area contributed by atoms with Crippen molar-refractivity contribution in [1.29, 1.82) is 5.26 Å². The summed E-state index contributed by atoms with van der Waals surface area (Å²) in [5.41, 5.74) is 0. The Bertz CT molecular complexity index is 169. The molecule has 5 heteroatoms. The molecule has 0 radical (unpaired) electrons. The van der Waals surface area contributed by atoms with E-state index in [1.165, 1.54) is 14.2 Å². The summed E-state index contributed by atoms with van der Waals surface area (Å²) in [7, 11) is 3.03. The van der Waals surface area contributed by atoms with Crippen molar-refractivity contribution in [3.8, 4) is 6.07 Å².